The number of halogens is 3. The molecule has 1 aliphatic heterocycles. The highest BCUT2D eigenvalue weighted by Crippen LogP contribution is 2.27. The van der Waals surface area contributed by atoms with Gasteiger partial charge in [-0.1, -0.05) is 95.5 Å². The van der Waals surface area contributed by atoms with Crippen molar-refractivity contribution in [3.05, 3.63) is 71.8 Å². The van der Waals surface area contributed by atoms with Crippen LogP contribution in [-0.2, 0) is 41.8 Å². The van der Waals surface area contributed by atoms with Crippen LogP contribution in [0.4, 0.5) is 0 Å². The second-order valence-electron chi connectivity index (χ2n) is 9.00. The summed E-state index contributed by atoms with van der Waals surface area (Å²) in [6, 6.07) is 18.3. The molecular weight excluding hydrogens is 571 g/mol. The fourth-order valence-electron chi connectivity index (χ4n) is 3.99. The van der Waals surface area contributed by atoms with E-state index in [2.05, 4.69) is 10.6 Å². The Balaban J connectivity index is 1.67. The number of amides is 2. The molecule has 1 saturated heterocycles. The van der Waals surface area contributed by atoms with Gasteiger partial charge >= 0.3 is 0 Å². The van der Waals surface area contributed by atoms with E-state index in [0.717, 1.165) is 11.1 Å². The molecule has 1 aliphatic rings. The van der Waals surface area contributed by atoms with Crippen molar-refractivity contribution in [1.82, 2.24) is 10.6 Å². The normalized spacial score (nSPS) is 23.3. The Morgan fingerprint density at radius 1 is 0.974 bits per heavy atom. The first-order valence-corrected chi connectivity index (χ1v) is 13.6. The lowest BCUT2D eigenvalue weighted by Gasteiger charge is -2.44. The molecule has 0 bridgehead atoms. The second-order valence-corrected chi connectivity index (χ2v) is 11.3. The lowest BCUT2D eigenvalue weighted by atomic mass is 9.96. The van der Waals surface area contributed by atoms with Gasteiger partial charge in [-0.2, -0.15) is 0 Å². The summed E-state index contributed by atoms with van der Waals surface area (Å²) in [5.41, 5.74) is 1.87. The summed E-state index contributed by atoms with van der Waals surface area (Å²) in [6.07, 6.45) is -3.38. The van der Waals surface area contributed by atoms with Crippen LogP contribution in [0.2, 0.25) is 0 Å². The summed E-state index contributed by atoms with van der Waals surface area (Å²) in [6.45, 7) is 2.27. The fraction of sp³-hybridized carbons (Fsp3) is 0.481. The minimum atomic E-state index is -2.06. The number of alkyl halides is 3. The fourth-order valence-corrected chi connectivity index (χ4v) is 4.19. The van der Waals surface area contributed by atoms with E-state index in [1.54, 1.807) is 0 Å². The first-order valence-electron chi connectivity index (χ1n) is 12.5. The van der Waals surface area contributed by atoms with E-state index < -0.39 is 40.3 Å². The molecule has 12 heteroatoms. The lowest BCUT2D eigenvalue weighted by molar-refractivity contribution is -0.281. The van der Waals surface area contributed by atoms with Gasteiger partial charge in [0.15, 0.2) is 6.29 Å². The topological polar surface area (TPSA) is 115 Å². The van der Waals surface area contributed by atoms with E-state index in [1.165, 1.54) is 6.92 Å². The summed E-state index contributed by atoms with van der Waals surface area (Å²) in [5.74, 6) is -1.09. The minimum absolute atomic E-state index is 0.0627. The predicted octanol–water partition coefficient (Wildman–Crippen LogP) is 3.27. The summed E-state index contributed by atoms with van der Waals surface area (Å²) in [4.78, 5) is 23.8. The molecule has 0 spiro atoms. The molecule has 0 aromatic heterocycles. The molecule has 9 nitrogen and oxygen atoms in total. The van der Waals surface area contributed by atoms with Gasteiger partial charge in [-0.15, -0.1) is 0 Å². The van der Waals surface area contributed by atoms with Gasteiger partial charge < -0.3 is 34.7 Å². The zero-order chi connectivity index (χ0) is 28.3. The number of carbonyl (C=O) groups excluding carboxylic acids is 2. The Labute approximate surface area is 243 Å². The number of carbonyl (C=O) groups is 2. The van der Waals surface area contributed by atoms with E-state index >= 15 is 0 Å². The molecule has 214 valence electrons. The van der Waals surface area contributed by atoms with Crippen molar-refractivity contribution in [1.29, 1.82) is 0 Å². The molecule has 3 rings (SSSR count). The highest BCUT2D eigenvalue weighted by molar-refractivity contribution is 6.76. The van der Waals surface area contributed by atoms with Crippen LogP contribution in [0.15, 0.2) is 60.7 Å². The first-order chi connectivity index (χ1) is 18.6. The van der Waals surface area contributed by atoms with Crippen LogP contribution >= 0.6 is 34.8 Å². The number of hydrogen-bond acceptors (Lipinski definition) is 7. The standard InChI is InChI=1S/C27H33Cl3N2O7/c1-18(33)32-22-24(38-16-20-11-6-3-7-12-20)23(34)21(17-36-15-19-9-4-2-5-10-19)39-25(22)37-14-8-13-31-26(35)27(28,29)30/h2-7,9-12,21-25,34H,8,13-17H2,1H3,(H,31,35)(H,32,33)/t21-,22-,23-,24-,25-/m1/s1. The van der Waals surface area contributed by atoms with Gasteiger partial charge in [0.05, 0.1) is 26.4 Å². The number of rotatable bonds is 13. The van der Waals surface area contributed by atoms with Gasteiger partial charge in [-0.05, 0) is 17.5 Å². The molecule has 5 atom stereocenters. The van der Waals surface area contributed by atoms with Gasteiger partial charge in [0, 0.05) is 13.5 Å². The summed E-state index contributed by atoms with van der Waals surface area (Å²) < 4.78 is 21.9. The Morgan fingerprint density at radius 3 is 2.18 bits per heavy atom. The van der Waals surface area contributed by atoms with Gasteiger partial charge in [-0.25, -0.2) is 0 Å². The van der Waals surface area contributed by atoms with Crippen LogP contribution in [0.5, 0.6) is 0 Å². The average Bonchev–Trinajstić information content (AvgIpc) is 2.90. The van der Waals surface area contributed by atoms with Gasteiger partial charge in [-0.3, -0.25) is 9.59 Å². The third-order valence-electron chi connectivity index (χ3n) is 5.87. The average molecular weight is 604 g/mol. The van der Waals surface area contributed by atoms with Crippen molar-refractivity contribution in [2.45, 2.75) is 61.0 Å². The van der Waals surface area contributed by atoms with Crippen molar-refractivity contribution in [2.75, 3.05) is 19.8 Å². The van der Waals surface area contributed by atoms with E-state index in [9.17, 15) is 14.7 Å². The smallest absolute Gasteiger partial charge is 0.272 e. The van der Waals surface area contributed by atoms with Crippen molar-refractivity contribution in [3.63, 3.8) is 0 Å². The minimum Gasteiger partial charge on any atom is -0.388 e. The van der Waals surface area contributed by atoms with Crippen LogP contribution in [0.3, 0.4) is 0 Å². The maximum Gasteiger partial charge on any atom is 0.272 e. The maximum atomic E-state index is 12.1. The van der Waals surface area contributed by atoms with E-state index in [-0.39, 0.29) is 32.3 Å². The lowest BCUT2D eigenvalue weighted by Crippen LogP contribution is -2.65. The molecule has 3 N–H and O–H groups in total. The number of aliphatic hydroxyl groups is 1. The number of hydrogen-bond donors (Lipinski definition) is 3. The SMILES string of the molecule is CC(=O)N[C@H]1[C@H](OCCCNC(=O)C(Cl)(Cl)Cl)O[C@H](COCc2ccccc2)[C@@H](O)[C@@H]1OCc1ccccc1. The molecule has 1 heterocycles. The molecule has 2 amide bonds. The first kappa shape index (κ1) is 31.6. The van der Waals surface area contributed by atoms with Crippen LogP contribution in [0.1, 0.15) is 24.5 Å². The van der Waals surface area contributed by atoms with Crippen molar-refractivity contribution in [3.8, 4) is 0 Å². The van der Waals surface area contributed by atoms with E-state index in [4.69, 9.17) is 53.8 Å². The van der Waals surface area contributed by atoms with Crippen molar-refractivity contribution >= 4 is 46.6 Å². The summed E-state index contributed by atoms with van der Waals surface area (Å²) >= 11 is 16.7. The highest BCUT2D eigenvalue weighted by Gasteiger charge is 2.47. The number of ether oxygens (including phenoxy) is 4. The third-order valence-corrected chi connectivity index (χ3v) is 6.38. The molecule has 0 radical (unpaired) electrons. The van der Waals surface area contributed by atoms with Crippen LogP contribution in [0, 0.1) is 0 Å². The molecule has 2 aromatic rings. The van der Waals surface area contributed by atoms with Crippen molar-refractivity contribution in [2.24, 2.45) is 0 Å². The van der Waals surface area contributed by atoms with Gasteiger partial charge in [0.1, 0.15) is 24.4 Å². The monoisotopic (exact) mass is 602 g/mol. The Morgan fingerprint density at radius 2 is 1.59 bits per heavy atom. The summed E-state index contributed by atoms with van der Waals surface area (Å²) in [5, 5.41) is 16.5. The molecule has 0 saturated carbocycles. The van der Waals surface area contributed by atoms with E-state index in [0.29, 0.717) is 13.0 Å². The quantitative estimate of drug-likeness (QED) is 0.238. The second kappa shape index (κ2) is 15.7. The number of benzene rings is 2. The van der Waals surface area contributed by atoms with Crippen LogP contribution in [0.25, 0.3) is 0 Å². The molecule has 39 heavy (non-hydrogen) atoms. The number of aliphatic hydroxyl groups excluding tert-OH is 1. The largest absolute Gasteiger partial charge is 0.388 e. The van der Waals surface area contributed by atoms with Crippen LogP contribution in [-0.4, -0.2) is 71.1 Å². The predicted molar refractivity (Wildman–Crippen MR) is 147 cm³/mol. The highest BCUT2D eigenvalue weighted by atomic mass is 35.6. The zero-order valence-corrected chi connectivity index (χ0v) is 23.7. The third kappa shape index (κ3) is 10.5. The van der Waals surface area contributed by atoms with Crippen molar-refractivity contribution < 1.29 is 33.6 Å². The molecule has 2 aromatic carbocycles. The van der Waals surface area contributed by atoms with Crippen LogP contribution < -0.4 is 10.6 Å². The molecular formula is C27H33Cl3N2O7. The Kier molecular flexibility index (Phi) is 12.7. The Hall–Kier alpha value is -1.95. The summed E-state index contributed by atoms with van der Waals surface area (Å²) in [7, 11) is 0. The van der Waals surface area contributed by atoms with E-state index in [1.807, 2.05) is 60.7 Å². The molecule has 1 fully saturated rings. The molecule has 0 unspecified atom stereocenters. The zero-order valence-electron chi connectivity index (χ0n) is 21.4. The number of nitrogens with one attached hydrogen (secondary N) is 2. The Bertz CT molecular complexity index is 1030. The van der Waals surface area contributed by atoms with Gasteiger partial charge in [0.25, 0.3) is 9.70 Å². The molecule has 0 aliphatic carbocycles. The maximum absolute atomic E-state index is 12.1. The van der Waals surface area contributed by atoms with Gasteiger partial charge in [0.2, 0.25) is 5.91 Å².